The molecule has 0 radical (unpaired) electrons. The van der Waals surface area contributed by atoms with Gasteiger partial charge < -0.3 is 15.1 Å². The van der Waals surface area contributed by atoms with Gasteiger partial charge in [-0.3, -0.25) is 4.68 Å². The van der Waals surface area contributed by atoms with E-state index >= 15 is 0 Å². The van der Waals surface area contributed by atoms with Crippen LogP contribution in [0.15, 0.2) is 6.20 Å². The zero-order valence-electron chi connectivity index (χ0n) is 9.37. The van der Waals surface area contributed by atoms with Crippen LogP contribution in [0.5, 0.6) is 0 Å². The van der Waals surface area contributed by atoms with Crippen molar-refractivity contribution in [1.82, 2.24) is 19.9 Å². The van der Waals surface area contributed by atoms with Crippen LogP contribution in [-0.4, -0.2) is 62.3 Å². The Kier molecular flexibility index (Phi) is 4.39. The number of aromatic nitrogens is 3. The van der Waals surface area contributed by atoms with Gasteiger partial charge in [-0.15, -0.1) is 5.10 Å². The van der Waals surface area contributed by atoms with Crippen molar-refractivity contribution in [2.45, 2.75) is 19.6 Å². The summed E-state index contributed by atoms with van der Waals surface area (Å²) in [5.41, 5.74) is -0.0572. The molecular formula is C9H16N4O3. The molecule has 1 unspecified atom stereocenters. The van der Waals surface area contributed by atoms with Crippen LogP contribution in [0.3, 0.4) is 0 Å². The van der Waals surface area contributed by atoms with Gasteiger partial charge in [0, 0.05) is 13.1 Å². The highest BCUT2D eigenvalue weighted by atomic mass is 16.4. The van der Waals surface area contributed by atoms with Crippen LogP contribution >= 0.6 is 0 Å². The predicted octanol–water partition coefficient (Wildman–Crippen LogP) is -0.711. The monoisotopic (exact) mass is 228 g/mol. The fourth-order valence-corrected chi connectivity index (χ4v) is 1.32. The molecule has 0 saturated heterocycles. The molecule has 0 aromatic carbocycles. The molecule has 0 aliphatic heterocycles. The van der Waals surface area contributed by atoms with Crippen molar-refractivity contribution >= 4 is 5.97 Å². The van der Waals surface area contributed by atoms with Crippen molar-refractivity contribution in [3.63, 3.8) is 0 Å². The van der Waals surface area contributed by atoms with Gasteiger partial charge in [0.15, 0.2) is 5.69 Å². The summed E-state index contributed by atoms with van der Waals surface area (Å²) >= 11 is 0. The summed E-state index contributed by atoms with van der Waals surface area (Å²) in [6.07, 6.45) is 1.01. The summed E-state index contributed by atoms with van der Waals surface area (Å²) < 4.78 is 1.47. The van der Waals surface area contributed by atoms with E-state index in [9.17, 15) is 4.79 Å². The van der Waals surface area contributed by atoms with Gasteiger partial charge in [-0.2, -0.15) is 0 Å². The van der Waals surface area contributed by atoms with Gasteiger partial charge in [0.05, 0.1) is 18.8 Å². The first kappa shape index (κ1) is 12.6. The Hall–Kier alpha value is -1.47. The number of nitrogens with zero attached hydrogens (tertiary/aromatic N) is 4. The van der Waals surface area contributed by atoms with Crippen LogP contribution < -0.4 is 0 Å². The normalized spacial score (nSPS) is 13.0. The molecule has 7 nitrogen and oxygen atoms in total. The quantitative estimate of drug-likeness (QED) is 0.668. The maximum absolute atomic E-state index is 10.5. The van der Waals surface area contributed by atoms with Crippen LogP contribution in [-0.2, 0) is 6.54 Å². The van der Waals surface area contributed by atoms with E-state index in [1.807, 2.05) is 11.9 Å². The lowest BCUT2D eigenvalue weighted by Gasteiger charge is -2.17. The Labute approximate surface area is 93.3 Å². The van der Waals surface area contributed by atoms with Gasteiger partial charge in [0.25, 0.3) is 0 Å². The summed E-state index contributed by atoms with van der Waals surface area (Å²) in [5, 5.41) is 25.0. The number of aromatic carboxylic acids is 1. The number of rotatable bonds is 6. The van der Waals surface area contributed by atoms with E-state index in [0.29, 0.717) is 19.6 Å². The smallest absolute Gasteiger partial charge is 0.358 e. The molecule has 1 rings (SSSR count). The first-order chi connectivity index (χ1) is 7.49. The van der Waals surface area contributed by atoms with Crippen molar-refractivity contribution in [2.75, 3.05) is 20.1 Å². The molecule has 0 aliphatic carbocycles. The van der Waals surface area contributed by atoms with E-state index < -0.39 is 5.97 Å². The van der Waals surface area contributed by atoms with Gasteiger partial charge in [-0.25, -0.2) is 4.79 Å². The maximum atomic E-state index is 10.5. The number of aliphatic hydroxyl groups excluding tert-OH is 1. The molecule has 0 saturated carbocycles. The minimum Gasteiger partial charge on any atom is -0.476 e. The van der Waals surface area contributed by atoms with Crippen molar-refractivity contribution in [2.24, 2.45) is 0 Å². The largest absolute Gasteiger partial charge is 0.476 e. The number of hydrogen-bond acceptors (Lipinski definition) is 5. The minimum absolute atomic E-state index is 0.0572. The fourth-order valence-electron chi connectivity index (χ4n) is 1.32. The third-order valence-corrected chi connectivity index (χ3v) is 2.04. The number of hydrogen-bond donors (Lipinski definition) is 2. The van der Waals surface area contributed by atoms with E-state index in [1.165, 1.54) is 10.9 Å². The molecular weight excluding hydrogens is 212 g/mol. The predicted molar refractivity (Wildman–Crippen MR) is 56.2 cm³/mol. The molecule has 0 spiro atoms. The highest BCUT2D eigenvalue weighted by Crippen LogP contribution is 1.94. The van der Waals surface area contributed by atoms with Gasteiger partial charge in [0.1, 0.15) is 0 Å². The molecule has 16 heavy (non-hydrogen) atoms. The molecule has 90 valence electrons. The standard InChI is InChI=1S/C9H16N4O3/c1-7(14)5-12(2)3-4-13-6-8(9(15)16)10-11-13/h6-7,14H,3-5H2,1-2H3,(H,15,16). The third kappa shape index (κ3) is 3.95. The van der Waals surface area contributed by atoms with E-state index in [1.54, 1.807) is 6.92 Å². The molecule has 0 aliphatic rings. The van der Waals surface area contributed by atoms with Gasteiger partial charge in [-0.05, 0) is 14.0 Å². The lowest BCUT2D eigenvalue weighted by molar-refractivity contribution is 0.0690. The lowest BCUT2D eigenvalue weighted by atomic mass is 10.4. The second kappa shape index (κ2) is 5.57. The Bertz CT molecular complexity index is 350. The molecule has 0 amide bonds. The fraction of sp³-hybridized carbons (Fsp3) is 0.667. The molecule has 7 heteroatoms. The van der Waals surface area contributed by atoms with Crippen molar-refractivity contribution in [3.8, 4) is 0 Å². The number of aliphatic hydroxyl groups is 1. The second-order valence-corrected chi connectivity index (χ2v) is 3.78. The van der Waals surface area contributed by atoms with Crippen LogP contribution in [0.1, 0.15) is 17.4 Å². The first-order valence-electron chi connectivity index (χ1n) is 4.99. The molecule has 1 aromatic rings. The molecule has 2 N–H and O–H groups in total. The van der Waals surface area contributed by atoms with Gasteiger partial charge >= 0.3 is 5.97 Å². The SMILES string of the molecule is CC(O)CN(C)CCn1cc(C(=O)O)nn1. The van der Waals surface area contributed by atoms with Crippen molar-refractivity contribution < 1.29 is 15.0 Å². The topological polar surface area (TPSA) is 91.5 Å². The van der Waals surface area contributed by atoms with Gasteiger partial charge in [-0.1, -0.05) is 5.21 Å². The Morgan fingerprint density at radius 3 is 2.88 bits per heavy atom. The number of carboxylic acid groups (broad SMARTS) is 1. The number of carbonyl (C=O) groups is 1. The maximum Gasteiger partial charge on any atom is 0.358 e. The number of likely N-dealkylation sites (N-methyl/N-ethyl adjacent to an activating group) is 1. The highest BCUT2D eigenvalue weighted by Gasteiger charge is 2.08. The Morgan fingerprint density at radius 1 is 1.69 bits per heavy atom. The summed E-state index contributed by atoms with van der Waals surface area (Å²) in [5.74, 6) is -1.08. The number of carboxylic acids is 1. The zero-order chi connectivity index (χ0) is 12.1. The summed E-state index contributed by atoms with van der Waals surface area (Å²) in [6.45, 7) is 3.51. The summed E-state index contributed by atoms with van der Waals surface area (Å²) in [6, 6.07) is 0. The first-order valence-corrected chi connectivity index (χ1v) is 4.99. The van der Waals surface area contributed by atoms with Crippen LogP contribution in [0.2, 0.25) is 0 Å². The molecule has 0 bridgehead atoms. The van der Waals surface area contributed by atoms with E-state index in [0.717, 1.165) is 0 Å². The zero-order valence-corrected chi connectivity index (χ0v) is 9.37. The van der Waals surface area contributed by atoms with Gasteiger partial charge in [0.2, 0.25) is 0 Å². The second-order valence-electron chi connectivity index (χ2n) is 3.78. The summed E-state index contributed by atoms with van der Waals surface area (Å²) in [7, 11) is 1.88. The minimum atomic E-state index is -1.08. The van der Waals surface area contributed by atoms with E-state index in [4.69, 9.17) is 10.2 Å². The molecule has 1 atom stereocenters. The van der Waals surface area contributed by atoms with Crippen LogP contribution in [0.4, 0.5) is 0 Å². The lowest BCUT2D eigenvalue weighted by Crippen LogP contribution is -2.30. The average Bonchev–Trinajstić information content (AvgIpc) is 2.61. The Balaban J connectivity index is 2.39. The highest BCUT2D eigenvalue weighted by molar-refractivity contribution is 5.84. The summed E-state index contributed by atoms with van der Waals surface area (Å²) in [4.78, 5) is 12.5. The molecule has 1 heterocycles. The molecule has 0 fully saturated rings. The Morgan fingerprint density at radius 2 is 2.38 bits per heavy atom. The average molecular weight is 228 g/mol. The van der Waals surface area contributed by atoms with E-state index in [2.05, 4.69) is 10.3 Å². The van der Waals surface area contributed by atoms with Crippen LogP contribution in [0, 0.1) is 0 Å². The molecule has 1 aromatic heterocycles. The van der Waals surface area contributed by atoms with Crippen molar-refractivity contribution in [3.05, 3.63) is 11.9 Å². The van der Waals surface area contributed by atoms with Crippen LogP contribution in [0.25, 0.3) is 0 Å². The third-order valence-electron chi connectivity index (χ3n) is 2.04. The van der Waals surface area contributed by atoms with E-state index in [-0.39, 0.29) is 11.8 Å². The van der Waals surface area contributed by atoms with Crippen molar-refractivity contribution in [1.29, 1.82) is 0 Å².